The highest BCUT2D eigenvalue weighted by molar-refractivity contribution is 5.29. The largest absolute Gasteiger partial charge is 0.494 e. The Morgan fingerprint density at radius 1 is 1.26 bits per heavy atom. The van der Waals surface area contributed by atoms with Crippen molar-refractivity contribution in [2.24, 2.45) is 0 Å². The van der Waals surface area contributed by atoms with E-state index in [1.165, 1.54) is 18.4 Å². The van der Waals surface area contributed by atoms with Crippen LogP contribution in [0.4, 0.5) is 0 Å². The zero-order valence-corrected chi connectivity index (χ0v) is 11.9. The van der Waals surface area contributed by atoms with Gasteiger partial charge in [0.25, 0.3) is 0 Å². The van der Waals surface area contributed by atoms with E-state index in [0.717, 1.165) is 25.3 Å². The van der Waals surface area contributed by atoms with Crippen LogP contribution >= 0.6 is 0 Å². The quantitative estimate of drug-likeness (QED) is 0.814. The molecule has 0 spiro atoms. The molecule has 1 unspecified atom stereocenters. The van der Waals surface area contributed by atoms with Gasteiger partial charge in [0.15, 0.2) is 0 Å². The Hall–Kier alpha value is -1.53. The number of nitrogens with zero attached hydrogens (tertiary/aromatic N) is 2. The molecular weight excluding hydrogens is 236 g/mol. The Kier molecular flexibility index (Phi) is 4.44. The maximum absolute atomic E-state index is 9.53. The van der Waals surface area contributed by atoms with Gasteiger partial charge in [-0.1, -0.05) is 12.1 Å². The molecule has 1 saturated heterocycles. The maximum Gasteiger partial charge on any atom is 0.119 e. The molecule has 1 aliphatic rings. The van der Waals surface area contributed by atoms with E-state index in [1.807, 2.05) is 19.1 Å². The fourth-order valence-electron chi connectivity index (χ4n) is 2.70. The van der Waals surface area contributed by atoms with Gasteiger partial charge in [-0.25, -0.2) is 0 Å². The molecule has 0 aliphatic carbocycles. The third-order valence-electron chi connectivity index (χ3n) is 3.83. The van der Waals surface area contributed by atoms with Crippen molar-refractivity contribution < 1.29 is 4.74 Å². The standard InChI is InChI=1S/C16H22N2O/c1-3-19-15-8-6-14(7-9-15)12-16(2,13-17)18-10-4-5-11-18/h6-9H,3-5,10-12H2,1-2H3. The highest BCUT2D eigenvalue weighted by atomic mass is 16.5. The molecule has 102 valence electrons. The second kappa shape index (κ2) is 6.08. The van der Waals surface area contributed by atoms with Crippen LogP contribution in [0.15, 0.2) is 24.3 Å². The summed E-state index contributed by atoms with van der Waals surface area (Å²) in [6, 6.07) is 10.6. The summed E-state index contributed by atoms with van der Waals surface area (Å²) in [6.07, 6.45) is 3.19. The predicted octanol–water partition coefficient (Wildman–Crippen LogP) is 3.01. The molecule has 2 rings (SSSR count). The van der Waals surface area contributed by atoms with E-state index >= 15 is 0 Å². The van der Waals surface area contributed by atoms with Crippen LogP contribution < -0.4 is 4.74 Å². The molecule has 0 radical (unpaired) electrons. The molecule has 1 aromatic carbocycles. The van der Waals surface area contributed by atoms with Crippen molar-refractivity contribution in [1.29, 1.82) is 5.26 Å². The topological polar surface area (TPSA) is 36.3 Å². The summed E-state index contributed by atoms with van der Waals surface area (Å²) in [6.45, 7) is 6.80. The Morgan fingerprint density at radius 3 is 2.42 bits per heavy atom. The van der Waals surface area contributed by atoms with E-state index in [2.05, 4.69) is 30.0 Å². The van der Waals surface area contributed by atoms with Gasteiger partial charge in [0, 0.05) is 6.42 Å². The van der Waals surface area contributed by atoms with Gasteiger partial charge in [0.05, 0.1) is 12.7 Å². The lowest BCUT2D eigenvalue weighted by atomic mass is 9.92. The zero-order valence-electron chi connectivity index (χ0n) is 11.9. The van der Waals surface area contributed by atoms with Crippen molar-refractivity contribution in [1.82, 2.24) is 4.90 Å². The summed E-state index contributed by atoms with van der Waals surface area (Å²) >= 11 is 0. The van der Waals surface area contributed by atoms with E-state index in [4.69, 9.17) is 4.74 Å². The van der Waals surface area contributed by atoms with E-state index in [9.17, 15) is 5.26 Å². The number of hydrogen-bond acceptors (Lipinski definition) is 3. The second-order valence-electron chi connectivity index (χ2n) is 5.33. The van der Waals surface area contributed by atoms with Gasteiger partial charge in [-0.3, -0.25) is 4.90 Å². The average molecular weight is 258 g/mol. The van der Waals surface area contributed by atoms with Crippen molar-refractivity contribution in [3.05, 3.63) is 29.8 Å². The fourth-order valence-corrected chi connectivity index (χ4v) is 2.70. The third-order valence-corrected chi connectivity index (χ3v) is 3.83. The van der Waals surface area contributed by atoms with Crippen molar-refractivity contribution in [3.8, 4) is 11.8 Å². The number of hydrogen-bond donors (Lipinski definition) is 0. The van der Waals surface area contributed by atoms with Gasteiger partial charge >= 0.3 is 0 Å². The van der Waals surface area contributed by atoms with Gasteiger partial charge in [-0.05, 0) is 57.5 Å². The monoisotopic (exact) mass is 258 g/mol. The molecular formula is C16H22N2O. The fraction of sp³-hybridized carbons (Fsp3) is 0.562. The van der Waals surface area contributed by atoms with Gasteiger partial charge < -0.3 is 4.74 Å². The summed E-state index contributed by atoms with van der Waals surface area (Å²) in [4.78, 5) is 2.31. The summed E-state index contributed by atoms with van der Waals surface area (Å²) in [5.74, 6) is 0.895. The average Bonchev–Trinajstić information content (AvgIpc) is 2.96. The molecule has 19 heavy (non-hydrogen) atoms. The molecule has 0 N–H and O–H groups in total. The Morgan fingerprint density at radius 2 is 1.89 bits per heavy atom. The summed E-state index contributed by atoms with van der Waals surface area (Å²) in [5.41, 5.74) is 0.809. The van der Waals surface area contributed by atoms with E-state index < -0.39 is 0 Å². The van der Waals surface area contributed by atoms with Crippen molar-refractivity contribution >= 4 is 0 Å². The van der Waals surface area contributed by atoms with Crippen LogP contribution in [0, 0.1) is 11.3 Å². The molecule has 3 nitrogen and oxygen atoms in total. The Labute approximate surface area is 115 Å². The normalized spacial score (nSPS) is 18.8. The van der Waals surface area contributed by atoms with Crippen LogP contribution in [0.25, 0.3) is 0 Å². The Balaban J connectivity index is 2.07. The summed E-state index contributed by atoms with van der Waals surface area (Å²) < 4.78 is 5.44. The second-order valence-corrected chi connectivity index (χ2v) is 5.33. The number of benzene rings is 1. The molecule has 0 aromatic heterocycles. The van der Waals surface area contributed by atoms with Gasteiger partial charge in [-0.15, -0.1) is 0 Å². The van der Waals surface area contributed by atoms with Crippen LogP contribution in [-0.4, -0.2) is 30.1 Å². The molecule has 1 heterocycles. The lowest BCUT2D eigenvalue weighted by Crippen LogP contribution is -2.45. The zero-order chi connectivity index (χ0) is 13.7. The van der Waals surface area contributed by atoms with Crippen molar-refractivity contribution in [3.63, 3.8) is 0 Å². The van der Waals surface area contributed by atoms with Crippen LogP contribution in [0.2, 0.25) is 0 Å². The smallest absolute Gasteiger partial charge is 0.119 e. The number of rotatable bonds is 5. The third kappa shape index (κ3) is 3.27. The van der Waals surface area contributed by atoms with E-state index in [1.54, 1.807) is 0 Å². The molecule has 3 heteroatoms. The lowest BCUT2D eigenvalue weighted by Gasteiger charge is -2.32. The molecule has 0 amide bonds. The predicted molar refractivity (Wildman–Crippen MR) is 76.1 cm³/mol. The SMILES string of the molecule is CCOc1ccc(CC(C)(C#N)N2CCCC2)cc1. The molecule has 0 saturated carbocycles. The first-order valence-electron chi connectivity index (χ1n) is 7.06. The van der Waals surface area contributed by atoms with E-state index in [0.29, 0.717) is 6.61 Å². The first-order chi connectivity index (χ1) is 9.18. The first-order valence-corrected chi connectivity index (χ1v) is 7.06. The summed E-state index contributed by atoms with van der Waals surface area (Å²) in [5, 5.41) is 9.53. The highest BCUT2D eigenvalue weighted by Crippen LogP contribution is 2.25. The minimum atomic E-state index is -0.385. The number of ether oxygens (including phenoxy) is 1. The molecule has 1 aliphatic heterocycles. The van der Waals surface area contributed by atoms with Crippen LogP contribution in [0.3, 0.4) is 0 Å². The van der Waals surface area contributed by atoms with Crippen LogP contribution in [0.1, 0.15) is 32.3 Å². The van der Waals surface area contributed by atoms with Gasteiger partial charge in [0.2, 0.25) is 0 Å². The number of likely N-dealkylation sites (tertiary alicyclic amines) is 1. The highest BCUT2D eigenvalue weighted by Gasteiger charge is 2.33. The molecule has 1 aromatic rings. The summed E-state index contributed by atoms with van der Waals surface area (Å²) in [7, 11) is 0. The maximum atomic E-state index is 9.53. The molecule has 1 atom stereocenters. The van der Waals surface area contributed by atoms with Crippen LogP contribution in [0.5, 0.6) is 5.75 Å². The van der Waals surface area contributed by atoms with Crippen molar-refractivity contribution in [2.45, 2.75) is 38.6 Å². The molecule has 1 fully saturated rings. The van der Waals surface area contributed by atoms with E-state index in [-0.39, 0.29) is 5.54 Å². The van der Waals surface area contributed by atoms with Crippen molar-refractivity contribution in [2.75, 3.05) is 19.7 Å². The molecule has 0 bridgehead atoms. The lowest BCUT2D eigenvalue weighted by molar-refractivity contribution is 0.191. The number of nitriles is 1. The first kappa shape index (κ1) is 13.9. The Bertz CT molecular complexity index is 443. The van der Waals surface area contributed by atoms with Gasteiger partial charge in [0.1, 0.15) is 11.3 Å². The van der Waals surface area contributed by atoms with Crippen LogP contribution in [-0.2, 0) is 6.42 Å². The van der Waals surface area contributed by atoms with Gasteiger partial charge in [-0.2, -0.15) is 5.26 Å². The minimum absolute atomic E-state index is 0.385. The minimum Gasteiger partial charge on any atom is -0.494 e.